The van der Waals surface area contributed by atoms with Crippen LogP contribution in [0.25, 0.3) is 11.3 Å². The van der Waals surface area contributed by atoms with E-state index in [1.807, 2.05) is 17.9 Å². The van der Waals surface area contributed by atoms with Gasteiger partial charge in [0.25, 0.3) is 5.91 Å². The van der Waals surface area contributed by atoms with Crippen molar-refractivity contribution in [2.75, 3.05) is 6.54 Å². The van der Waals surface area contributed by atoms with Crippen LogP contribution in [0, 0.1) is 5.92 Å². The maximum absolute atomic E-state index is 13.8. The van der Waals surface area contributed by atoms with E-state index in [1.165, 1.54) is 24.8 Å². The van der Waals surface area contributed by atoms with Crippen LogP contribution in [0.3, 0.4) is 0 Å². The molecular weight excluding hydrogens is 436 g/mol. The molecule has 2 heterocycles. The van der Waals surface area contributed by atoms with Gasteiger partial charge in [-0.25, -0.2) is 0 Å². The minimum Gasteiger partial charge on any atom is -0.351 e. The quantitative estimate of drug-likeness (QED) is 0.563. The second kappa shape index (κ2) is 11.0. The molecule has 6 nitrogen and oxygen atoms in total. The third-order valence-electron chi connectivity index (χ3n) is 7.82. The van der Waals surface area contributed by atoms with Crippen LogP contribution >= 0.6 is 0 Å². The van der Waals surface area contributed by atoms with Gasteiger partial charge in [0.05, 0.1) is 12.2 Å². The molecule has 4 rings (SSSR count). The fraction of sp³-hybridized carbons (Fsp3) is 0.621. The maximum Gasteiger partial charge on any atom is 0.273 e. The Kier molecular flexibility index (Phi) is 7.98. The molecule has 35 heavy (non-hydrogen) atoms. The molecule has 1 saturated carbocycles. The van der Waals surface area contributed by atoms with Gasteiger partial charge in [-0.15, -0.1) is 0 Å². The van der Waals surface area contributed by atoms with Gasteiger partial charge in [0.2, 0.25) is 5.91 Å². The summed E-state index contributed by atoms with van der Waals surface area (Å²) in [5, 5.41) is 8.14. The summed E-state index contributed by atoms with van der Waals surface area (Å²) in [6, 6.07) is 10.4. The fourth-order valence-corrected chi connectivity index (χ4v) is 5.37. The molecular formula is C29H42N4O2. The first-order valence-electron chi connectivity index (χ1n) is 13.6. The van der Waals surface area contributed by atoms with E-state index in [-0.39, 0.29) is 17.9 Å². The number of nitrogens with one attached hydrogen (secondary N) is 1. The van der Waals surface area contributed by atoms with Crippen LogP contribution in [-0.4, -0.2) is 44.6 Å². The average molecular weight is 479 g/mol. The van der Waals surface area contributed by atoms with Gasteiger partial charge in [-0.05, 0) is 50.2 Å². The first-order valence-corrected chi connectivity index (χ1v) is 13.6. The Morgan fingerprint density at radius 1 is 1.11 bits per heavy atom. The number of aryl methyl sites for hydroxylation is 1. The van der Waals surface area contributed by atoms with Gasteiger partial charge in [0.1, 0.15) is 11.2 Å². The van der Waals surface area contributed by atoms with Crippen LogP contribution in [0.15, 0.2) is 30.3 Å². The summed E-state index contributed by atoms with van der Waals surface area (Å²) in [4.78, 5) is 29.4. The van der Waals surface area contributed by atoms with Gasteiger partial charge in [0.15, 0.2) is 0 Å². The molecule has 1 aliphatic heterocycles. The molecule has 190 valence electrons. The summed E-state index contributed by atoms with van der Waals surface area (Å²) >= 11 is 0. The fourth-order valence-electron chi connectivity index (χ4n) is 5.37. The van der Waals surface area contributed by atoms with Crippen molar-refractivity contribution in [1.82, 2.24) is 20.0 Å². The number of carbonyl (C=O) groups is 2. The molecule has 0 saturated heterocycles. The number of hydrogen-bond donors (Lipinski definition) is 1. The van der Waals surface area contributed by atoms with Gasteiger partial charge in [-0.2, -0.15) is 5.10 Å². The van der Waals surface area contributed by atoms with E-state index in [0.717, 1.165) is 49.8 Å². The van der Waals surface area contributed by atoms with Crippen LogP contribution in [0.1, 0.15) is 95.1 Å². The molecule has 1 aromatic heterocycles. The number of nitrogens with zero attached hydrogens (tertiary/aromatic N) is 3. The minimum absolute atomic E-state index is 0.0461. The molecule has 1 aliphatic carbocycles. The molecule has 2 amide bonds. The van der Waals surface area contributed by atoms with Crippen molar-refractivity contribution >= 4 is 11.8 Å². The SMILES string of the molecule is CCc1ccc(-c2cc3n(n2)CC(C)(C(=O)NC2CCCCCCC2)N(CCC(C)C)C3=O)cc1. The zero-order chi connectivity index (χ0) is 25.0. The van der Waals surface area contributed by atoms with E-state index in [4.69, 9.17) is 5.10 Å². The maximum atomic E-state index is 13.8. The van der Waals surface area contributed by atoms with Crippen LogP contribution in [-0.2, 0) is 17.8 Å². The number of rotatable bonds is 7. The Hall–Kier alpha value is -2.63. The summed E-state index contributed by atoms with van der Waals surface area (Å²) in [7, 11) is 0. The normalized spacial score (nSPS) is 21.5. The molecule has 0 bridgehead atoms. The summed E-state index contributed by atoms with van der Waals surface area (Å²) in [5.41, 5.74) is 2.65. The molecule has 1 aromatic carbocycles. The highest BCUT2D eigenvalue weighted by Gasteiger charge is 2.48. The Balaban J connectivity index is 1.62. The van der Waals surface area contributed by atoms with E-state index in [9.17, 15) is 9.59 Å². The van der Waals surface area contributed by atoms with Crippen molar-refractivity contribution in [3.8, 4) is 11.3 Å². The molecule has 2 aromatic rings. The summed E-state index contributed by atoms with van der Waals surface area (Å²) in [5.74, 6) is 0.298. The molecule has 1 unspecified atom stereocenters. The van der Waals surface area contributed by atoms with E-state index >= 15 is 0 Å². The van der Waals surface area contributed by atoms with Crippen molar-refractivity contribution in [2.45, 2.75) is 104 Å². The lowest BCUT2D eigenvalue weighted by Gasteiger charge is -2.44. The van der Waals surface area contributed by atoms with Crippen molar-refractivity contribution in [3.05, 3.63) is 41.6 Å². The zero-order valence-electron chi connectivity index (χ0n) is 22.0. The number of aromatic nitrogens is 2. The van der Waals surface area contributed by atoms with E-state index in [1.54, 1.807) is 4.68 Å². The lowest BCUT2D eigenvalue weighted by molar-refractivity contribution is -0.134. The van der Waals surface area contributed by atoms with Crippen molar-refractivity contribution < 1.29 is 9.59 Å². The highest BCUT2D eigenvalue weighted by Crippen LogP contribution is 2.31. The summed E-state index contributed by atoms with van der Waals surface area (Å²) in [6.45, 7) is 9.31. The predicted octanol–water partition coefficient (Wildman–Crippen LogP) is 5.60. The highest BCUT2D eigenvalue weighted by molar-refractivity contribution is 6.00. The summed E-state index contributed by atoms with van der Waals surface area (Å²) < 4.78 is 1.76. The van der Waals surface area contributed by atoms with Crippen LogP contribution in [0.5, 0.6) is 0 Å². The number of carbonyl (C=O) groups excluding carboxylic acids is 2. The van der Waals surface area contributed by atoms with Crippen LogP contribution < -0.4 is 5.32 Å². The second-order valence-corrected chi connectivity index (χ2v) is 11.1. The predicted molar refractivity (Wildman–Crippen MR) is 140 cm³/mol. The Morgan fingerprint density at radius 2 is 1.77 bits per heavy atom. The lowest BCUT2D eigenvalue weighted by atomic mass is 9.91. The Bertz CT molecular complexity index is 1020. The molecule has 0 spiro atoms. The molecule has 2 aliphatic rings. The second-order valence-electron chi connectivity index (χ2n) is 11.1. The van der Waals surface area contributed by atoms with Crippen LogP contribution in [0.4, 0.5) is 0 Å². The first-order chi connectivity index (χ1) is 16.8. The number of fused-ring (bicyclic) bond motifs is 1. The highest BCUT2D eigenvalue weighted by atomic mass is 16.2. The molecule has 1 fully saturated rings. The first kappa shape index (κ1) is 25.5. The Labute approximate surface area is 210 Å². The van der Waals surface area contributed by atoms with Crippen LogP contribution in [0.2, 0.25) is 0 Å². The molecule has 1 atom stereocenters. The zero-order valence-corrected chi connectivity index (χ0v) is 22.0. The van der Waals surface area contributed by atoms with E-state index in [0.29, 0.717) is 24.7 Å². The molecule has 6 heteroatoms. The van der Waals surface area contributed by atoms with Gasteiger partial charge in [-0.3, -0.25) is 14.3 Å². The Morgan fingerprint density at radius 3 is 2.40 bits per heavy atom. The van der Waals surface area contributed by atoms with Gasteiger partial charge in [-0.1, -0.05) is 77.1 Å². The third kappa shape index (κ3) is 5.62. The monoisotopic (exact) mass is 478 g/mol. The lowest BCUT2D eigenvalue weighted by Crippen LogP contribution is -2.65. The third-order valence-corrected chi connectivity index (χ3v) is 7.82. The van der Waals surface area contributed by atoms with Gasteiger partial charge >= 0.3 is 0 Å². The number of benzene rings is 1. The van der Waals surface area contributed by atoms with E-state index < -0.39 is 5.54 Å². The topological polar surface area (TPSA) is 67.2 Å². The largest absolute Gasteiger partial charge is 0.351 e. The van der Waals surface area contributed by atoms with Crippen molar-refractivity contribution in [2.24, 2.45) is 5.92 Å². The molecule has 0 radical (unpaired) electrons. The number of hydrogen-bond acceptors (Lipinski definition) is 3. The smallest absolute Gasteiger partial charge is 0.273 e. The summed E-state index contributed by atoms with van der Waals surface area (Å²) in [6.07, 6.45) is 9.96. The van der Waals surface area contributed by atoms with Gasteiger partial charge in [0, 0.05) is 18.2 Å². The van der Waals surface area contributed by atoms with Gasteiger partial charge < -0.3 is 10.2 Å². The van der Waals surface area contributed by atoms with Crippen molar-refractivity contribution in [1.29, 1.82) is 0 Å². The minimum atomic E-state index is -0.962. The average Bonchev–Trinajstić information content (AvgIpc) is 3.24. The number of amides is 2. The van der Waals surface area contributed by atoms with E-state index in [2.05, 4.69) is 50.4 Å². The molecule has 1 N–H and O–H groups in total. The van der Waals surface area contributed by atoms with Crippen molar-refractivity contribution in [3.63, 3.8) is 0 Å². The standard InChI is InChI=1S/C29H42N4O2/c1-5-22-13-15-23(16-14-22)25-19-26-27(34)32(18-17-21(2)3)29(4,20-33(26)31-25)28(35)30-24-11-9-7-6-8-10-12-24/h13-16,19,21,24H,5-12,17-18,20H2,1-4H3,(H,30,35).